The van der Waals surface area contributed by atoms with Gasteiger partial charge in [0.2, 0.25) is 21.9 Å². The van der Waals surface area contributed by atoms with Crippen LogP contribution in [0, 0.1) is 6.92 Å². The van der Waals surface area contributed by atoms with E-state index in [1.165, 1.54) is 19.2 Å². The van der Waals surface area contributed by atoms with Gasteiger partial charge >= 0.3 is 5.97 Å². The van der Waals surface area contributed by atoms with Gasteiger partial charge in [0.25, 0.3) is 0 Å². The zero-order chi connectivity index (χ0) is 25.6. The first-order valence-corrected chi connectivity index (χ1v) is 12.5. The molecule has 1 heterocycles. The fourth-order valence-corrected chi connectivity index (χ4v) is 3.44. The van der Waals surface area contributed by atoms with Crippen LogP contribution in [0.4, 0.5) is 5.95 Å². The van der Waals surface area contributed by atoms with Crippen molar-refractivity contribution in [1.29, 1.82) is 0 Å². The number of sulfonamides is 1. The molecule has 0 spiro atoms. The van der Waals surface area contributed by atoms with E-state index < -0.39 is 34.6 Å². The highest BCUT2D eigenvalue weighted by Gasteiger charge is 2.23. The molecule has 0 aliphatic carbocycles. The van der Waals surface area contributed by atoms with Gasteiger partial charge in [0.1, 0.15) is 5.75 Å². The van der Waals surface area contributed by atoms with Gasteiger partial charge in [-0.25, -0.2) is 17.7 Å². The minimum Gasteiger partial charge on any atom is -0.481 e. The van der Waals surface area contributed by atoms with E-state index in [2.05, 4.69) is 9.97 Å². The van der Waals surface area contributed by atoms with Crippen LogP contribution in [0.5, 0.6) is 11.6 Å². The Balaban J connectivity index is 2.55. The van der Waals surface area contributed by atoms with Crippen LogP contribution in [0.25, 0.3) is 6.08 Å². The van der Waals surface area contributed by atoms with Crippen LogP contribution >= 0.6 is 0 Å². The van der Waals surface area contributed by atoms with Crippen molar-refractivity contribution >= 4 is 28.0 Å². The van der Waals surface area contributed by atoms with E-state index in [0.29, 0.717) is 17.0 Å². The highest BCUT2D eigenvalue weighted by molar-refractivity contribution is 7.92. The average molecular weight is 494 g/mol. The summed E-state index contributed by atoms with van der Waals surface area (Å²) in [6.45, 7) is 5.63. The van der Waals surface area contributed by atoms with Crippen molar-refractivity contribution in [3.05, 3.63) is 47.2 Å². The summed E-state index contributed by atoms with van der Waals surface area (Å²) in [6, 6.07) is 7.23. The van der Waals surface area contributed by atoms with Crippen LogP contribution in [0.15, 0.2) is 30.3 Å². The molecule has 0 aliphatic rings. The molecule has 2 aromatic rings. The van der Waals surface area contributed by atoms with Gasteiger partial charge in [0.05, 0.1) is 36.1 Å². The molecule has 0 amide bonds. The Bertz CT molecular complexity index is 1150. The number of aliphatic carboxylic acids is 1. The summed E-state index contributed by atoms with van der Waals surface area (Å²) in [6.07, 6.45) is 0.940. The molecule has 186 valence electrons. The predicted octanol–water partition coefficient (Wildman–Crippen LogP) is 2.70. The van der Waals surface area contributed by atoms with E-state index in [0.717, 1.165) is 16.1 Å². The van der Waals surface area contributed by atoms with Crippen molar-refractivity contribution in [1.82, 2.24) is 9.97 Å². The Morgan fingerprint density at radius 3 is 2.47 bits per heavy atom. The van der Waals surface area contributed by atoms with Crippen molar-refractivity contribution in [2.24, 2.45) is 0 Å². The summed E-state index contributed by atoms with van der Waals surface area (Å²) >= 11 is 0. The first-order chi connectivity index (χ1) is 15.8. The topological polar surface area (TPSA) is 150 Å². The van der Waals surface area contributed by atoms with Gasteiger partial charge in [-0.3, -0.25) is 4.79 Å². The lowest BCUT2D eigenvalue weighted by Gasteiger charge is -2.20. The molecule has 0 radical (unpaired) electrons. The standard InChI is InChI=1S/C23H31N3O7S/c1-14(2)21-19(10-9-16(27)12-17(28)13-20(29)30)22(33-18-8-6-7-15(3)11-18)25-23(24-21)26(4)34(5,31)32/h6-11,14,16-17,27-28H,12-13H2,1-5H3,(H,29,30)/b10-9+/t16-,17-/m1/s1. The first-order valence-electron chi connectivity index (χ1n) is 10.6. The minimum absolute atomic E-state index is 0.0663. The number of hydrogen-bond donors (Lipinski definition) is 3. The van der Waals surface area contributed by atoms with Crippen LogP contribution < -0.4 is 9.04 Å². The van der Waals surface area contributed by atoms with E-state index in [1.807, 2.05) is 32.9 Å². The lowest BCUT2D eigenvalue weighted by Crippen LogP contribution is -2.27. The molecule has 1 aromatic heterocycles. The summed E-state index contributed by atoms with van der Waals surface area (Å²) in [5, 5.41) is 28.9. The normalized spacial score (nSPS) is 13.8. The molecule has 2 rings (SSSR count). The zero-order valence-electron chi connectivity index (χ0n) is 19.8. The van der Waals surface area contributed by atoms with Crippen LogP contribution in [0.3, 0.4) is 0 Å². The summed E-state index contributed by atoms with van der Waals surface area (Å²) in [5.41, 5.74) is 1.86. The second-order valence-corrected chi connectivity index (χ2v) is 10.4. The predicted molar refractivity (Wildman–Crippen MR) is 129 cm³/mol. The van der Waals surface area contributed by atoms with Crippen LogP contribution in [0.2, 0.25) is 0 Å². The third kappa shape index (κ3) is 7.79. The van der Waals surface area contributed by atoms with Gasteiger partial charge in [-0.2, -0.15) is 4.98 Å². The van der Waals surface area contributed by atoms with Crippen molar-refractivity contribution in [3.63, 3.8) is 0 Å². The number of aliphatic hydroxyl groups is 2. The number of carbonyl (C=O) groups is 1. The number of aryl methyl sites for hydroxylation is 1. The third-order valence-corrected chi connectivity index (χ3v) is 6.03. The number of carboxylic acids is 1. The zero-order valence-corrected chi connectivity index (χ0v) is 20.7. The van der Waals surface area contributed by atoms with Gasteiger partial charge in [-0.05, 0) is 36.6 Å². The Morgan fingerprint density at radius 2 is 1.91 bits per heavy atom. The van der Waals surface area contributed by atoms with Gasteiger partial charge in [0, 0.05) is 13.5 Å². The molecule has 0 saturated heterocycles. The summed E-state index contributed by atoms with van der Waals surface area (Å²) in [7, 11) is -2.30. The highest BCUT2D eigenvalue weighted by atomic mass is 32.2. The summed E-state index contributed by atoms with van der Waals surface area (Å²) in [4.78, 5) is 19.5. The van der Waals surface area contributed by atoms with Gasteiger partial charge in [0.15, 0.2) is 0 Å². The molecule has 0 aliphatic heterocycles. The SMILES string of the molecule is Cc1cccc(Oc2nc(N(C)S(C)(=O)=O)nc(C(C)C)c2/C=C/[C@@H](O)C[C@@H](O)CC(=O)O)c1. The number of aromatic nitrogens is 2. The lowest BCUT2D eigenvalue weighted by atomic mass is 10.0. The molecule has 1 aromatic carbocycles. The van der Waals surface area contributed by atoms with Crippen molar-refractivity contribution in [3.8, 4) is 11.6 Å². The molecule has 0 unspecified atom stereocenters. The molecule has 3 N–H and O–H groups in total. The van der Waals surface area contributed by atoms with Gasteiger partial charge in [-0.15, -0.1) is 0 Å². The molecule has 0 saturated carbocycles. The number of ether oxygens (including phenoxy) is 1. The molecular weight excluding hydrogens is 462 g/mol. The maximum Gasteiger partial charge on any atom is 0.305 e. The fourth-order valence-electron chi connectivity index (χ4n) is 3.06. The molecule has 0 bridgehead atoms. The highest BCUT2D eigenvalue weighted by Crippen LogP contribution is 2.32. The number of benzene rings is 1. The largest absolute Gasteiger partial charge is 0.481 e. The molecule has 11 heteroatoms. The van der Waals surface area contributed by atoms with E-state index in [4.69, 9.17) is 9.84 Å². The third-order valence-electron chi connectivity index (χ3n) is 4.87. The van der Waals surface area contributed by atoms with E-state index in [1.54, 1.807) is 12.1 Å². The Kier molecular flexibility index (Phi) is 9.14. The van der Waals surface area contributed by atoms with E-state index in [9.17, 15) is 23.4 Å². The van der Waals surface area contributed by atoms with E-state index in [-0.39, 0.29) is 24.2 Å². The minimum atomic E-state index is -3.64. The average Bonchev–Trinajstić information content (AvgIpc) is 2.70. The Morgan fingerprint density at radius 1 is 1.24 bits per heavy atom. The van der Waals surface area contributed by atoms with Crippen molar-refractivity contribution in [2.75, 3.05) is 17.6 Å². The fraction of sp³-hybridized carbons (Fsp3) is 0.435. The second kappa shape index (κ2) is 11.4. The second-order valence-electron chi connectivity index (χ2n) is 8.35. The summed E-state index contributed by atoms with van der Waals surface area (Å²) in [5.74, 6) is -0.830. The molecule has 0 fully saturated rings. The van der Waals surface area contributed by atoms with Gasteiger partial charge < -0.3 is 20.1 Å². The van der Waals surface area contributed by atoms with Crippen molar-refractivity contribution < 1.29 is 33.3 Å². The number of hydrogen-bond acceptors (Lipinski definition) is 8. The number of nitrogens with zero attached hydrogens (tertiary/aromatic N) is 3. The van der Waals surface area contributed by atoms with E-state index >= 15 is 0 Å². The number of carboxylic acid groups (broad SMARTS) is 1. The van der Waals surface area contributed by atoms with Crippen molar-refractivity contribution in [2.45, 2.75) is 51.7 Å². The van der Waals surface area contributed by atoms with Crippen LogP contribution in [-0.4, -0.2) is 65.2 Å². The number of anilines is 1. The number of aliphatic hydroxyl groups excluding tert-OH is 2. The molecule has 34 heavy (non-hydrogen) atoms. The maximum atomic E-state index is 12.1. The molecule has 2 atom stereocenters. The molecular formula is C23H31N3O7S. The smallest absolute Gasteiger partial charge is 0.305 e. The quantitative estimate of drug-likeness (QED) is 0.429. The first kappa shape index (κ1) is 27.2. The maximum absolute atomic E-state index is 12.1. The van der Waals surface area contributed by atoms with Gasteiger partial charge in [-0.1, -0.05) is 32.1 Å². The summed E-state index contributed by atoms with van der Waals surface area (Å²) < 4.78 is 31.2. The van der Waals surface area contributed by atoms with Crippen LogP contribution in [-0.2, 0) is 14.8 Å². The lowest BCUT2D eigenvalue weighted by molar-refractivity contribution is -0.139. The molecule has 10 nitrogen and oxygen atoms in total. The van der Waals surface area contributed by atoms with Crippen LogP contribution in [0.1, 0.15) is 49.4 Å². The Labute approximate surface area is 199 Å². The number of rotatable bonds is 11. The Hall–Kier alpha value is -3.02. The monoisotopic (exact) mass is 493 g/mol.